The highest BCUT2D eigenvalue weighted by Gasteiger charge is 2.25. The molecule has 0 bridgehead atoms. The van der Waals surface area contributed by atoms with Gasteiger partial charge in [0.2, 0.25) is 0 Å². The zero-order chi connectivity index (χ0) is 19.7. The highest BCUT2D eigenvalue weighted by atomic mass is 35.5. The number of aromatic nitrogens is 4. The molecule has 0 aliphatic heterocycles. The van der Waals surface area contributed by atoms with Crippen molar-refractivity contribution in [1.29, 1.82) is 0 Å². The maximum atomic E-state index is 12.3. The van der Waals surface area contributed by atoms with Crippen molar-refractivity contribution < 1.29 is 9.72 Å². The molecule has 0 fully saturated rings. The number of aromatic amines is 1. The molecule has 0 spiro atoms. The zero-order valence-electron chi connectivity index (χ0n) is 14.3. The molecular formula is C18H13ClN6O3. The lowest BCUT2D eigenvalue weighted by molar-refractivity contribution is -0.389. The first kappa shape index (κ1) is 17.7. The molecule has 4 rings (SSSR count). The van der Waals surface area contributed by atoms with E-state index in [1.54, 1.807) is 10.9 Å². The molecule has 10 heteroatoms. The minimum atomic E-state index is -0.742. The van der Waals surface area contributed by atoms with Crippen LogP contribution in [0.1, 0.15) is 16.1 Å². The molecule has 0 unspecified atom stereocenters. The summed E-state index contributed by atoms with van der Waals surface area (Å²) in [5.41, 5.74) is 1.26. The third-order valence-electron chi connectivity index (χ3n) is 4.19. The fraction of sp³-hybridized carbons (Fsp3) is 0.0556. The second kappa shape index (κ2) is 7.12. The summed E-state index contributed by atoms with van der Waals surface area (Å²) in [6.07, 6.45) is 3.15. The Morgan fingerprint density at radius 1 is 1.25 bits per heavy atom. The smallest absolute Gasteiger partial charge is 0.358 e. The van der Waals surface area contributed by atoms with Gasteiger partial charge in [-0.15, -0.1) is 5.10 Å². The van der Waals surface area contributed by atoms with Gasteiger partial charge in [-0.3, -0.25) is 9.48 Å². The number of halogens is 1. The predicted octanol–water partition coefficient (Wildman–Crippen LogP) is 3.62. The van der Waals surface area contributed by atoms with Gasteiger partial charge in [-0.25, -0.2) is 0 Å². The topological polar surface area (TPSA) is 119 Å². The summed E-state index contributed by atoms with van der Waals surface area (Å²) in [4.78, 5) is 22.3. The van der Waals surface area contributed by atoms with E-state index in [-0.39, 0.29) is 10.7 Å². The van der Waals surface area contributed by atoms with Crippen LogP contribution in [0.3, 0.4) is 0 Å². The monoisotopic (exact) mass is 396 g/mol. The molecule has 0 radical (unpaired) electrons. The van der Waals surface area contributed by atoms with Crippen molar-refractivity contribution in [2.75, 3.05) is 5.32 Å². The van der Waals surface area contributed by atoms with Gasteiger partial charge in [-0.05, 0) is 21.3 Å². The maximum Gasteiger partial charge on any atom is 0.362 e. The van der Waals surface area contributed by atoms with E-state index in [4.69, 9.17) is 11.6 Å². The molecule has 1 amide bonds. The number of nitrogens with zero attached hydrogens (tertiary/aromatic N) is 4. The normalized spacial score (nSPS) is 10.9. The van der Waals surface area contributed by atoms with Crippen LogP contribution in [0, 0.1) is 10.1 Å². The van der Waals surface area contributed by atoms with Crippen molar-refractivity contribution in [3.63, 3.8) is 0 Å². The average molecular weight is 397 g/mol. The van der Waals surface area contributed by atoms with Crippen molar-refractivity contribution in [2.45, 2.75) is 6.54 Å². The second-order valence-corrected chi connectivity index (χ2v) is 6.39. The number of carbonyl (C=O) groups is 1. The molecule has 0 saturated heterocycles. The van der Waals surface area contributed by atoms with E-state index in [9.17, 15) is 14.9 Å². The molecule has 9 nitrogen and oxygen atoms in total. The van der Waals surface area contributed by atoms with Gasteiger partial charge in [0.1, 0.15) is 0 Å². The number of carbonyl (C=O) groups excluding carboxylic acids is 1. The number of anilines is 1. The highest BCUT2D eigenvalue weighted by Crippen LogP contribution is 2.25. The summed E-state index contributed by atoms with van der Waals surface area (Å²) in [6, 6.07) is 14.1. The number of hydrogen-bond donors (Lipinski definition) is 2. The summed E-state index contributed by atoms with van der Waals surface area (Å²) < 4.78 is 1.69. The Morgan fingerprint density at radius 3 is 2.82 bits per heavy atom. The molecule has 2 aromatic carbocycles. The molecule has 28 heavy (non-hydrogen) atoms. The van der Waals surface area contributed by atoms with Crippen molar-refractivity contribution in [2.24, 2.45) is 0 Å². The standard InChI is InChI=1S/C18H13ClN6O3/c19-15-16(22-23-17(15)25(27)28)18(26)21-13-8-20-24(10-13)9-12-6-3-5-11-4-1-2-7-14(11)12/h1-8,10H,9H2,(H,21,26)(H,22,23). The van der Waals surface area contributed by atoms with Gasteiger partial charge < -0.3 is 15.4 Å². The molecule has 2 heterocycles. The van der Waals surface area contributed by atoms with E-state index < -0.39 is 16.6 Å². The van der Waals surface area contributed by atoms with Crippen molar-refractivity contribution >= 4 is 39.8 Å². The van der Waals surface area contributed by atoms with Crippen LogP contribution in [0.4, 0.5) is 11.5 Å². The van der Waals surface area contributed by atoms with Gasteiger partial charge >= 0.3 is 5.82 Å². The third-order valence-corrected chi connectivity index (χ3v) is 4.55. The lowest BCUT2D eigenvalue weighted by atomic mass is 10.0. The van der Waals surface area contributed by atoms with Crippen molar-refractivity contribution in [3.8, 4) is 0 Å². The van der Waals surface area contributed by atoms with E-state index in [1.165, 1.54) is 6.20 Å². The van der Waals surface area contributed by atoms with Gasteiger partial charge in [0.05, 0.1) is 18.4 Å². The Hall–Kier alpha value is -3.72. The lowest BCUT2D eigenvalue weighted by Gasteiger charge is -2.06. The predicted molar refractivity (Wildman–Crippen MR) is 103 cm³/mol. The Bertz CT molecular complexity index is 1190. The molecule has 0 atom stereocenters. The minimum Gasteiger partial charge on any atom is -0.358 e. The van der Waals surface area contributed by atoms with Crippen LogP contribution in [-0.4, -0.2) is 30.8 Å². The number of fused-ring (bicyclic) bond motifs is 1. The molecule has 4 aromatic rings. The van der Waals surface area contributed by atoms with Gasteiger partial charge in [0, 0.05) is 6.20 Å². The second-order valence-electron chi connectivity index (χ2n) is 6.01. The molecular weight excluding hydrogens is 384 g/mol. The van der Waals surface area contributed by atoms with Crippen LogP contribution in [0.5, 0.6) is 0 Å². The number of hydrogen-bond acceptors (Lipinski definition) is 5. The number of nitro groups is 1. The minimum absolute atomic E-state index is 0.254. The van der Waals surface area contributed by atoms with Gasteiger partial charge in [-0.1, -0.05) is 59.2 Å². The third kappa shape index (κ3) is 3.30. The van der Waals surface area contributed by atoms with Crippen molar-refractivity contribution in [3.05, 3.63) is 81.3 Å². The van der Waals surface area contributed by atoms with E-state index in [2.05, 4.69) is 20.6 Å². The number of amides is 1. The van der Waals surface area contributed by atoms with Crippen LogP contribution < -0.4 is 5.32 Å². The first-order valence-electron chi connectivity index (χ1n) is 8.21. The Morgan fingerprint density at radius 2 is 2.04 bits per heavy atom. The quantitative estimate of drug-likeness (QED) is 0.394. The summed E-state index contributed by atoms with van der Waals surface area (Å²) in [7, 11) is 0. The number of nitrogens with one attached hydrogen (secondary N) is 2. The van der Waals surface area contributed by atoms with Crippen LogP contribution in [0.15, 0.2) is 54.9 Å². The van der Waals surface area contributed by atoms with Crippen LogP contribution in [0.25, 0.3) is 10.8 Å². The number of benzene rings is 2. The van der Waals surface area contributed by atoms with Crippen LogP contribution in [-0.2, 0) is 6.54 Å². The fourth-order valence-electron chi connectivity index (χ4n) is 2.90. The molecule has 0 aliphatic carbocycles. The van der Waals surface area contributed by atoms with E-state index in [1.807, 2.05) is 42.5 Å². The largest absolute Gasteiger partial charge is 0.362 e. The molecule has 2 aromatic heterocycles. The van der Waals surface area contributed by atoms with Gasteiger partial charge in [0.25, 0.3) is 5.91 Å². The molecule has 0 aliphatic rings. The van der Waals surface area contributed by atoms with E-state index >= 15 is 0 Å². The van der Waals surface area contributed by atoms with Gasteiger partial charge in [-0.2, -0.15) is 5.10 Å². The lowest BCUT2D eigenvalue weighted by Crippen LogP contribution is -2.12. The Kier molecular flexibility index (Phi) is 4.50. The Labute approximate surface area is 163 Å². The van der Waals surface area contributed by atoms with E-state index in [0.29, 0.717) is 12.2 Å². The van der Waals surface area contributed by atoms with Crippen LogP contribution >= 0.6 is 11.6 Å². The first-order valence-corrected chi connectivity index (χ1v) is 8.59. The van der Waals surface area contributed by atoms with Gasteiger partial charge in [0.15, 0.2) is 10.7 Å². The highest BCUT2D eigenvalue weighted by molar-refractivity contribution is 6.35. The summed E-state index contributed by atoms with van der Waals surface area (Å²) >= 11 is 5.83. The van der Waals surface area contributed by atoms with Crippen LogP contribution in [0.2, 0.25) is 5.02 Å². The molecule has 2 N–H and O–H groups in total. The first-order chi connectivity index (χ1) is 13.5. The molecule has 0 saturated carbocycles. The van der Waals surface area contributed by atoms with E-state index in [0.717, 1.165) is 16.3 Å². The molecule has 140 valence electrons. The zero-order valence-corrected chi connectivity index (χ0v) is 15.1. The summed E-state index contributed by atoms with van der Waals surface area (Å²) in [6.45, 7) is 0.520. The number of rotatable bonds is 5. The average Bonchev–Trinajstić information content (AvgIpc) is 3.28. The SMILES string of the molecule is O=C(Nc1cnn(Cc2cccc3ccccc23)c1)c1n[nH]c([N+](=O)[O-])c1Cl. The number of H-pyrrole nitrogens is 1. The summed E-state index contributed by atoms with van der Waals surface area (Å²) in [5, 5.41) is 25.3. The van der Waals surface area contributed by atoms with Crippen molar-refractivity contribution in [1.82, 2.24) is 20.0 Å². The Balaban J connectivity index is 1.52. The summed E-state index contributed by atoms with van der Waals surface area (Å²) in [5.74, 6) is -1.20. The maximum absolute atomic E-state index is 12.3. The fourth-order valence-corrected chi connectivity index (χ4v) is 3.14.